The molecule has 1 heterocycles. The molecule has 0 saturated carbocycles. The normalized spacial score (nSPS) is 15.1. The highest BCUT2D eigenvalue weighted by molar-refractivity contribution is 5.37. The molecule has 0 amide bonds. The Morgan fingerprint density at radius 2 is 2.28 bits per heavy atom. The molecule has 0 unspecified atom stereocenters. The van der Waals surface area contributed by atoms with Gasteiger partial charge in [-0.2, -0.15) is 4.98 Å². The van der Waals surface area contributed by atoms with E-state index in [4.69, 9.17) is 4.74 Å². The van der Waals surface area contributed by atoms with Crippen LogP contribution in [0.5, 0.6) is 5.88 Å². The van der Waals surface area contributed by atoms with Crippen molar-refractivity contribution in [3.63, 3.8) is 0 Å². The molecule has 3 nitrogen and oxygen atoms in total. The standard InChI is InChI=1S/C15H22N2O/c1-2-18-15-10-6-9-14(17-15)16-12-11-13-7-4-3-5-8-13/h6-7,9-10H,2-5,8,11-12H2,1H3,(H,16,17). The molecule has 0 atom stereocenters. The SMILES string of the molecule is CCOc1cccc(NCCC2=CCCCC2)n1. The van der Waals surface area contributed by atoms with E-state index >= 15 is 0 Å². The number of aromatic nitrogens is 1. The van der Waals surface area contributed by atoms with Crippen molar-refractivity contribution in [2.24, 2.45) is 0 Å². The zero-order valence-electron chi connectivity index (χ0n) is 11.1. The zero-order valence-corrected chi connectivity index (χ0v) is 11.1. The fourth-order valence-corrected chi connectivity index (χ4v) is 2.22. The Balaban J connectivity index is 1.78. The fourth-order valence-electron chi connectivity index (χ4n) is 2.22. The average Bonchev–Trinajstić information content (AvgIpc) is 2.41. The molecule has 3 heteroatoms. The summed E-state index contributed by atoms with van der Waals surface area (Å²) in [6, 6.07) is 5.84. The third-order valence-corrected chi connectivity index (χ3v) is 3.15. The van der Waals surface area contributed by atoms with Crippen molar-refractivity contribution in [2.75, 3.05) is 18.5 Å². The van der Waals surface area contributed by atoms with Gasteiger partial charge in [-0.05, 0) is 45.1 Å². The number of nitrogens with one attached hydrogen (secondary N) is 1. The Kier molecular flexibility index (Phi) is 5.06. The first-order chi connectivity index (χ1) is 8.88. The second-order valence-corrected chi connectivity index (χ2v) is 4.58. The van der Waals surface area contributed by atoms with Gasteiger partial charge in [-0.25, -0.2) is 0 Å². The Morgan fingerprint density at radius 1 is 1.33 bits per heavy atom. The molecule has 0 radical (unpaired) electrons. The highest BCUT2D eigenvalue weighted by Crippen LogP contribution is 2.20. The molecular weight excluding hydrogens is 224 g/mol. The topological polar surface area (TPSA) is 34.1 Å². The van der Waals surface area contributed by atoms with Gasteiger partial charge in [0.05, 0.1) is 6.61 Å². The average molecular weight is 246 g/mol. The molecule has 0 aliphatic heterocycles. The molecule has 18 heavy (non-hydrogen) atoms. The largest absolute Gasteiger partial charge is 0.478 e. The van der Waals surface area contributed by atoms with Crippen molar-refractivity contribution in [3.8, 4) is 5.88 Å². The minimum Gasteiger partial charge on any atom is -0.478 e. The second kappa shape index (κ2) is 7.04. The molecule has 0 bridgehead atoms. The van der Waals surface area contributed by atoms with E-state index < -0.39 is 0 Å². The molecule has 0 saturated heterocycles. The number of hydrogen-bond donors (Lipinski definition) is 1. The molecule has 1 aliphatic carbocycles. The van der Waals surface area contributed by atoms with Crippen LogP contribution in [0.3, 0.4) is 0 Å². The van der Waals surface area contributed by atoms with Gasteiger partial charge in [0, 0.05) is 12.6 Å². The highest BCUT2D eigenvalue weighted by atomic mass is 16.5. The summed E-state index contributed by atoms with van der Waals surface area (Å²) in [4.78, 5) is 4.39. The van der Waals surface area contributed by atoms with Gasteiger partial charge in [0.1, 0.15) is 5.82 Å². The molecule has 0 fully saturated rings. The van der Waals surface area contributed by atoms with Gasteiger partial charge < -0.3 is 10.1 Å². The molecule has 1 aliphatic rings. The van der Waals surface area contributed by atoms with Crippen LogP contribution in [0.2, 0.25) is 0 Å². The fraction of sp³-hybridized carbons (Fsp3) is 0.533. The number of pyridine rings is 1. The predicted molar refractivity (Wildman–Crippen MR) is 75.1 cm³/mol. The van der Waals surface area contributed by atoms with Gasteiger partial charge in [0.15, 0.2) is 0 Å². The number of allylic oxidation sites excluding steroid dienone is 1. The number of anilines is 1. The third-order valence-electron chi connectivity index (χ3n) is 3.15. The lowest BCUT2D eigenvalue weighted by molar-refractivity contribution is 0.327. The maximum atomic E-state index is 5.38. The first kappa shape index (κ1) is 12.9. The molecule has 98 valence electrons. The lowest BCUT2D eigenvalue weighted by Gasteiger charge is -2.13. The monoisotopic (exact) mass is 246 g/mol. The summed E-state index contributed by atoms with van der Waals surface area (Å²) in [5, 5.41) is 3.36. The summed E-state index contributed by atoms with van der Waals surface area (Å²) < 4.78 is 5.38. The van der Waals surface area contributed by atoms with Crippen LogP contribution >= 0.6 is 0 Å². The van der Waals surface area contributed by atoms with Crippen molar-refractivity contribution >= 4 is 5.82 Å². The van der Waals surface area contributed by atoms with Crippen LogP contribution < -0.4 is 10.1 Å². The quantitative estimate of drug-likeness (QED) is 0.776. The Bertz CT molecular complexity index is 401. The van der Waals surface area contributed by atoms with Crippen LogP contribution in [-0.4, -0.2) is 18.1 Å². The first-order valence-electron chi connectivity index (χ1n) is 6.90. The van der Waals surface area contributed by atoms with Gasteiger partial charge in [0.2, 0.25) is 5.88 Å². The minimum absolute atomic E-state index is 0.656. The molecule has 1 N–H and O–H groups in total. The number of ether oxygens (including phenoxy) is 1. The van der Waals surface area contributed by atoms with Gasteiger partial charge in [-0.3, -0.25) is 0 Å². The van der Waals surface area contributed by atoms with E-state index in [-0.39, 0.29) is 0 Å². The van der Waals surface area contributed by atoms with E-state index in [1.165, 1.54) is 25.7 Å². The van der Waals surface area contributed by atoms with E-state index in [0.717, 1.165) is 18.8 Å². The van der Waals surface area contributed by atoms with Crippen molar-refractivity contribution in [2.45, 2.75) is 39.0 Å². The number of hydrogen-bond acceptors (Lipinski definition) is 3. The molecule has 2 rings (SSSR count). The Labute approximate surface area is 109 Å². The van der Waals surface area contributed by atoms with Crippen LogP contribution in [0.1, 0.15) is 39.0 Å². The Hall–Kier alpha value is -1.51. The minimum atomic E-state index is 0.656. The smallest absolute Gasteiger partial charge is 0.215 e. The van der Waals surface area contributed by atoms with E-state index in [0.29, 0.717) is 12.5 Å². The van der Waals surface area contributed by atoms with Crippen molar-refractivity contribution in [1.82, 2.24) is 4.98 Å². The van der Waals surface area contributed by atoms with Gasteiger partial charge in [-0.15, -0.1) is 0 Å². The first-order valence-corrected chi connectivity index (χ1v) is 6.90. The van der Waals surface area contributed by atoms with E-state index in [2.05, 4.69) is 16.4 Å². The molecule has 0 aromatic carbocycles. The summed E-state index contributed by atoms with van der Waals surface area (Å²) in [6.45, 7) is 3.58. The Morgan fingerprint density at radius 3 is 3.06 bits per heavy atom. The third kappa shape index (κ3) is 4.06. The van der Waals surface area contributed by atoms with Crippen LogP contribution in [0.25, 0.3) is 0 Å². The van der Waals surface area contributed by atoms with Crippen molar-refractivity contribution in [3.05, 3.63) is 29.8 Å². The summed E-state index contributed by atoms with van der Waals surface area (Å²) in [5.41, 5.74) is 1.59. The second-order valence-electron chi connectivity index (χ2n) is 4.58. The molecular formula is C15H22N2O. The van der Waals surface area contributed by atoms with Crippen LogP contribution in [0.15, 0.2) is 29.8 Å². The summed E-state index contributed by atoms with van der Waals surface area (Å²) in [6.07, 6.45) is 8.76. The lowest BCUT2D eigenvalue weighted by Crippen LogP contribution is -2.06. The summed E-state index contributed by atoms with van der Waals surface area (Å²) in [5.74, 6) is 1.59. The van der Waals surface area contributed by atoms with Crippen molar-refractivity contribution < 1.29 is 4.74 Å². The maximum absolute atomic E-state index is 5.38. The van der Waals surface area contributed by atoms with E-state index in [9.17, 15) is 0 Å². The number of rotatable bonds is 6. The van der Waals surface area contributed by atoms with E-state index in [1.54, 1.807) is 5.57 Å². The van der Waals surface area contributed by atoms with Gasteiger partial charge in [-0.1, -0.05) is 17.7 Å². The maximum Gasteiger partial charge on any atom is 0.215 e. The molecule has 0 spiro atoms. The van der Waals surface area contributed by atoms with Crippen LogP contribution in [-0.2, 0) is 0 Å². The zero-order chi connectivity index (χ0) is 12.6. The predicted octanol–water partition coefficient (Wildman–Crippen LogP) is 3.78. The number of nitrogens with zero attached hydrogens (tertiary/aromatic N) is 1. The van der Waals surface area contributed by atoms with E-state index in [1.807, 2.05) is 25.1 Å². The highest BCUT2D eigenvalue weighted by Gasteiger charge is 2.03. The summed E-state index contributed by atoms with van der Waals surface area (Å²) in [7, 11) is 0. The van der Waals surface area contributed by atoms with Crippen LogP contribution in [0, 0.1) is 0 Å². The van der Waals surface area contributed by atoms with Crippen LogP contribution in [0.4, 0.5) is 5.82 Å². The molecule has 1 aromatic rings. The summed E-state index contributed by atoms with van der Waals surface area (Å²) >= 11 is 0. The lowest BCUT2D eigenvalue weighted by atomic mass is 9.97. The van der Waals surface area contributed by atoms with Crippen molar-refractivity contribution in [1.29, 1.82) is 0 Å². The van der Waals surface area contributed by atoms with Gasteiger partial charge in [0.25, 0.3) is 0 Å². The van der Waals surface area contributed by atoms with Gasteiger partial charge >= 0.3 is 0 Å². The molecule has 1 aromatic heterocycles.